The van der Waals surface area contributed by atoms with Gasteiger partial charge in [0.25, 0.3) is 0 Å². The quantitative estimate of drug-likeness (QED) is 0.590. The van der Waals surface area contributed by atoms with Crippen LogP contribution in [0.3, 0.4) is 0 Å². The number of rotatable bonds is 6. The molecule has 7 heteroatoms. The molecule has 0 bridgehead atoms. The average molecular weight is 459 g/mol. The molecule has 1 aromatic carbocycles. The van der Waals surface area contributed by atoms with E-state index in [9.17, 15) is 9.59 Å². The smallest absolute Gasteiger partial charge is 0.249 e. The van der Waals surface area contributed by atoms with Gasteiger partial charge in [-0.25, -0.2) is 0 Å². The third kappa shape index (κ3) is 3.97. The summed E-state index contributed by atoms with van der Waals surface area (Å²) in [6.07, 6.45) is 9.29. The largest absolute Gasteiger partial charge is 0.378 e. The summed E-state index contributed by atoms with van der Waals surface area (Å²) in [6.45, 7) is 3.52. The van der Waals surface area contributed by atoms with Gasteiger partial charge >= 0.3 is 0 Å². The molecular weight excluding hydrogens is 435 g/mol. The molecule has 31 heavy (non-hydrogen) atoms. The van der Waals surface area contributed by atoms with Crippen molar-refractivity contribution >= 4 is 40.5 Å². The van der Waals surface area contributed by atoms with Gasteiger partial charge < -0.3 is 4.84 Å². The first-order valence-corrected chi connectivity index (χ1v) is 11.2. The Morgan fingerprint density at radius 2 is 2.03 bits per heavy atom. The van der Waals surface area contributed by atoms with Crippen LogP contribution >= 0.6 is 23.2 Å². The number of carbonyl (C=O) groups excluding carboxylic acids is 2. The second-order valence-corrected chi connectivity index (χ2v) is 9.12. The highest BCUT2D eigenvalue weighted by atomic mass is 35.5. The monoisotopic (exact) mass is 458 g/mol. The molecule has 5 nitrogen and oxygen atoms in total. The van der Waals surface area contributed by atoms with Crippen LogP contribution in [0, 0.1) is 11.3 Å². The Bertz CT molecular complexity index is 1070. The molecule has 2 aromatic rings. The van der Waals surface area contributed by atoms with Crippen LogP contribution in [0.4, 0.5) is 0 Å². The van der Waals surface area contributed by atoms with Gasteiger partial charge in [-0.15, -0.1) is 0 Å². The lowest BCUT2D eigenvalue weighted by molar-refractivity contribution is -0.125. The van der Waals surface area contributed by atoms with Gasteiger partial charge in [-0.05, 0) is 66.2 Å². The fraction of sp³-hybridized carbons (Fsp3) is 0.375. The van der Waals surface area contributed by atoms with Crippen LogP contribution in [0.1, 0.15) is 49.8 Å². The molecule has 1 amide bonds. The van der Waals surface area contributed by atoms with Gasteiger partial charge in [0.2, 0.25) is 5.91 Å². The molecule has 1 heterocycles. The third-order valence-electron chi connectivity index (χ3n) is 6.33. The molecule has 2 aliphatic rings. The number of pyridine rings is 1. The number of halogens is 2. The Labute approximate surface area is 191 Å². The molecule has 0 spiro atoms. The summed E-state index contributed by atoms with van der Waals surface area (Å²) in [5.41, 5.74) is 6.09. The van der Waals surface area contributed by atoms with Crippen LogP contribution in [0.2, 0.25) is 10.0 Å². The number of hydroxylamine groups is 1. The standard InChI is InChI=1S/C24H24Cl2N2O3/c1-3-6-24-13-16-10-20(31-28-14(2)29)22(25)23(26)21(16)19(24)12-18(30)11-17(24)9-15-4-7-27-8-5-15/h4-5,7-8,10,12,17H,3,6,9,11,13H2,1-2H3,(H,28,29). The van der Waals surface area contributed by atoms with Crippen LogP contribution in [0.15, 0.2) is 36.7 Å². The lowest BCUT2D eigenvalue weighted by atomic mass is 9.61. The zero-order chi connectivity index (χ0) is 22.2. The average Bonchev–Trinajstić information content (AvgIpc) is 3.05. The maximum Gasteiger partial charge on any atom is 0.249 e. The molecule has 162 valence electrons. The van der Waals surface area contributed by atoms with E-state index in [0.29, 0.717) is 17.2 Å². The van der Waals surface area contributed by atoms with Crippen molar-refractivity contribution in [3.8, 4) is 5.75 Å². The van der Waals surface area contributed by atoms with Gasteiger partial charge in [0.15, 0.2) is 11.5 Å². The molecule has 1 N–H and O–H groups in total. The predicted molar refractivity (Wildman–Crippen MR) is 121 cm³/mol. The predicted octanol–water partition coefficient (Wildman–Crippen LogP) is 5.38. The van der Waals surface area contributed by atoms with E-state index in [4.69, 9.17) is 28.0 Å². The lowest BCUT2D eigenvalue weighted by Gasteiger charge is -2.42. The van der Waals surface area contributed by atoms with Crippen molar-refractivity contribution in [3.63, 3.8) is 0 Å². The van der Waals surface area contributed by atoms with Crippen molar-refractivity contribution in [1.82, 2.24) is 10.5 Å². The second kappa shape index (κ2) is 8.64. The summed E-state index contributed by atoms with van der Waals surface area (Å²) in [7, 11) is 0. The summed E-state index contributed by atoms with van der Waals surface area (Å²) in [6, 6.07) is 5.85. The van der Waals surface area contributed by atoms with Crippen molar-refractivity contribution in [2.75, 3.05) is 0 Å². The van der Waals surface area contributed by atoms with Gasteiger partial charge in [-0.2, -0.15) is 5.48 Å². The Hall–Kier alpha value is -2.37. The van der Waals surface area contributed by atoms with Gasteiger partial charge in [-0.3, -0.25) is 14.6 Å². The van der Waals surface area contributed by atoms with Gasteiger partial charge in [0, 0.05) is 36.7 Å². The minimum atomic E-state index is -0.338. The molecule has 0 radical (unpaired) electrons. The Morgan fingerprint density at radius 3 is 2.71 bits per heavy atom. The van der Waals surface area contributed by atoms with E-state index in [1.54, 1.807) is 18.5 Å². The first-order chi connectivity index (χ1) is 14.9. The lowest BCUT2D eigenvalue weighted by Crippen LogP contribution is -2.37. The number of nitrogens with one attached hydrogen (secondary N) is 1. The van der Waals surface area contributed by atoms with E-state index < -0.39 is 0 Å². The normalized spacial score (nSPS) is 21.9. The Morgan fingerprint density at radius 1 is 1.29 bits per heavy atom. The van der Waals surface area contributed by atoms with Gasteiger partial charge in [-0.1, -0.05) is 36.5 Å². The summed E-state index contributed by atoms with van der Waals surface area (Å²) >= 11 is 13.2. The molecule has 2 atom stereocenters. The number of nitrogens with zero attached hydrogens (tertiary/aromatic N) is 1. The first kappa shape index (κ1) is 21.8. The van der Waals surface area contributed by atoms with Crippen LogP contribution in [0.5, 0.6) is 5.75 Å². The number of benzene rings is 1. The zero-order valence-corrected chi connectivity index (χ0v) is 19.0. The van der Waals surface area contributed by atoms with Crippen LogP contribution < -0.4 is 10.3 Å². The highest BCUT2D eigenvalue weighted by Crippen LogP contribution is 2.60. The summed E-state index contributed by atoms with van der Waals surface area (Å²) in [5.74, 6) is 0.224. The van der Waals surface area contributed by atoms with E-state index in [1.807, 2.05) is 18.2 Å². The first-order valence-electron chi connectivity index (χ1n) is 10.4. The van der Waals surface area contributed by atoms with E-state index in [0.717, 1.165) is 42.4 Å². The Kier molecular flexibility index (Phi) is 6.09. The van der Waals surface area contributed by atoms with E-state index in [2.05, 4.69) is 17.4 Å². The number of hydrogen-bond acceptors (Lipinski definition) is 4. The minimum absolute atomic E-state index is 0.111. The molecular formula is C24H24Cl2N2O3. The number of aromatic nitrogens is 1. The number of carbonyl (C=O) groups is 2. The molecule has 2 aliphatic carbocycles. The Balaban J connectivity index is 1.80. The summed E-state index contributed by atoms with van der Waals surface area (Å²) in [4.78, 5) is 33.5. The number of amides is 1. The molecule has 0 saturated carbocycles. The highest BCUT2D eigenvalue weighted by molar-refractivity contribution is 6.44. The van der Waals surface area contributed by atoms with E-state index in [-0.39, 0.29) is 28.0 Å². The van der Waals surface area contributed by atoms with Crippen LogP contribution in [-0.4, -0.2) is 16.7 Å². The van der Waals surface area contributed by atoms with E-state index in [1.165, 1.54) is 12.5 Å². The van der Waals surface area contributed by atoms with Crippen LogP contribution in [0.25, 0.3) is 5.57 Å². The zero-order valence-electron chi connectivity index (χ0n) is 17.5. The molecule has 0 saturated heterocycles. The van der Waals surface area contributed by atoms with Crippen LogP contribution in [-0.2, 0) is 22.4 Å². The highest BCUT2D eigenvalue weighted by Gasteiger charge is 2.50. The SMILES string of the molecule is CCCC12Cc3cc(ONC(C)=O)c(Cl)c(Cl)c3C1=CC(=O)CC2Cc1ccncc1. The number of fused-ring (bicyclic) bond motifs is 3. The van der Waals surface area contributed by atoms with Gasteiger partial charge in [0.05, 0.1) is 5.02 Å². The fourth-order valence-electron chi connectivity index (χ4n) is 5.15. The number of allylic oxidation sites excluding steroid dienone is 2. The van der Waals surface area contributed by atoms with E-state index >= 15 is 0 Å². The molecule has 2 unspecified atom stereocenters. The van der Waals surface area contributed by atoms with Crippen molar-refractivity contribution in [3.05, 3.63) is 63.4 Å². The summed E-state index contributed by atoms with van der Waals surface area (Å²) in [5, 5.41) is 0.590. The number of ketones is 1. The minimum Gasteiger partial charge on any atom is -0.378 e. The maximum atomic E-state index is 12.8. The molecule has 0 fully saturated rings. The fourth-order valence-corrected chi connectivity index (χ4v) is 5.65. The third-order valence-corrected chi connectivity index (χ3v) is 7.18. The van der Waals surface area contributed by atoms with Crippen molar-refractivity contribution in [2.24, 2.45) is 11.3 Å². The van der Waals surface area contributed by atoms with Crippen molar-refractivity contribution < 1.29 is 14.4 Å². The summed E-state index contributed by atoms with van der Waals surface area (Å²) < 4.78 is 0. The maximum absolute atomic E-state index is 12.8. The number of hydrogen-bond donors (Lipinski definition) is 1. The van der Waals surface area contributed by atoms with Crippen molar-refractivity contribution in [1.29, 1.82) is 0 Å². The second-order valence-electron chi connectivity index (χ2n) is 8.36. The molecule has 4 rings (SSSR count). The molecule has 1 aromatic heterocycles. The van der Waals surface area contributed by atoms with Crippen molar-refractivity contribution in [2.45, 2.75) is 46.0 Å². The van der Waals surface area contributed by atoms with Gasteiger partial charge in [0.1, 0.15) is 5.02 Å². The topological polar surface area (TPSA) is 68.3 Å². The molecule has 0 aliphatic heterocycles.